The van der Waals surface area contributed by atoms with Gasteiger partial charge in [-0.15, -0.1) is 0 Å². The van der Waals surface area contributed by atoms with Gasteiger partial charge in [-0.05, 0) is 6.92 Å². The number of rotatable bonds is 2. The molecule has 0 rings (SSSR count). The van der Waals surface area contributed by atoms with E-state index in [0.29, 0.717) is 0 Å². The number of carbonyl (C=O) groups excluding carboxylic acids is 8. The van der Waals surface area contributed by atoms with Crippen molar-refractivity contribution in [3.63, 3.8) is 0 Å². The summed E-state index contributed by atoms with van der Waals surface area (Å²) in [6, 6.07) is 0. The van der Waals surface area contributed by atoms with Crippen molar-refractivity contribution in [2.45, 2.75) is 13.8 Å². The van der Waals surface area contributed by atoms with Crippen molar-refractivity contribution >= 4 is 40.2 Å². The van der Waals surface area contributed by atoms with Crippen molar-refractivity contribution in [1.29, 1.82) is 0 Å². The zero-order chi connectivity index (χ0) is 20.3. The monoisotopic (exact) mass is 423 g/mol. The molecule has 13 nitrogen and oxygen atoms in total. The fourth-order valence-electron chi connectivity index (χ4n) is 0. The Hall–Kier alpha value is -0.270. The Morgan fingerprint density at radius 1 is 0.840 bits per heavy atom. The number of hydrogen-bond acceptors (Lipinski definition) is 12. The molecule has 0 amide bonds. The van der Waals surface area contributed by atoms with Crippen molar-refractivity contribution in [1.82, 2.24) is 0 Å². The van der Waals surface area contributed by atoms with Crippen LogP contribution in [-0.2, 0) is 47.5 Å². The smallest absolute Gasteiger partial charge is 0.779 e. The second-order valence-corrected chi connectivity index (χ2v) is 5.14. The van der Waals surface area contributed by atoms with Crippen molar-refractivity contribution in [3.8, 4) is 0 Å². The maximum Gasteiger partial charge on any atom is 1.00 e. The average Bonchev–Trinajstić information content (AvgIpc) is 2.42. The van der Waals surface area contributed by atoms with Gasteiger partial charge in [-0.2, -0.15) is 38.4 Å². The molecule has 0 saturated carbocycles. The van der Waals surface area contributed by atoms with E-state index >= 15 is 0 Å². The molecule has 25 heavy (non-hydrogen) atoms. The standard InChI is InChI=1S/C2H7O3P.C2H5O2P.4CO2.2Na/c1-2-6(3,4)5;1-2-5(3)4;4*2-1-3;;/h2H2,1H3,(H2,3,4,5);2H2,1H3;;;;;;/q;;;;;;2*+1/p-1. The summed E-state index contributed by atoms with van der Waals surface area (Å²) < 4.78 is 19.0. The number of hydrogen-bond donors (Lipinski definition) is 1. The second-order valence-electron chi connectivity index (χ2n) is 1.94. The van der Waals surface area contributed by atoms with Crippen LogP contribution in [0.25, 0.3) is 0 Å². The molecule has 0 aliphatic carbocycles. The van der Waals surface area contributed by atoms with Crippen molar-refractivity contribution in [3.05, 3.63) is 0 Å². The molecule has 0 radical (unpaired) electrons. The maximum absolute atomic E-state index is 9.58. The van der Waals surface area contributed by atoms with Gasteiger partial charge in [-0.25, -0.2) is 0 Å². The Labute approximate surface area is 186 Å². The zero-order valence-electron chi connectivity index (χ0n) is 13.7. The molecule has 17 heteroatoms. The summed E-state index contributed by atoms with van der Waals surface area (Å²) in [5.41, 5.74) is 0. The fourth-order valence-corrected chi connectivity index (χ4v) is 0. The minimum atomic E-state index is -3.90. The molecule has 0 fully saturated rings. The fraction of sp³-hybridized carbons (Fsp3) is 0.500. The Morgan fingerprint density at radius 2 is 0.920 bits per heavy atom. The summed E-state index contributed by atoms with van der Waals surface area (Å²) in [4.78, 5) is 91.8. The molecular formula is C8H11Na2O13P2+. The van der Waals surface area contributed by atoms with Gasteiger partial charge in [0.25, 0.3) is 0 Å². The van der Waals surface area contributed by atoms with Gasteiger partial charge >= 0.3 is 91.7 Å². The summed E-state index contributed by atoms with van der Waals surface area (Å²) in [7, 11) is -5.99. The van der Waals surface area contributed by atoms with Crippen LogP contribution in [0.1, 0.15) is 13.8 Å². The Balaban J connectivity index is -0.0000000234. The minimum absolute atomic E-state index is 0. The summed E-state index contributed by atoms with van der Waals surface area (Å²) >= 11 is 0. The molecule has 0 heterocycles. The van der Waals surface area contributed by atoms with Gasteiger partial charge < -0.3 is 19.2 Å². The van der Waals surface area contributed by atoms with Gasteiger partial charge in [-0.1, -0.05) is 11.5 Å². The SMILES string of the molecule is CCP(=O)([O-])O.CC[P+](=O)[O-].O=C=O.O=C=O.O=C=O.O=C=O.[Na+].[Na+]. The van der Waals surface area contributed by atoms with Crippen molar-refractivity contribution in [2.75, 3.05) is 12.3 Å². The van der Waals surface area contributed by atoms with Gasteiger partial charge in [0.2, 0.25) is 0 Å². The van der Waals surface area contributed by atoms with Crippen LogP contribution in [0.4, 0.5) is 0 Å². The van der Waals surface area contributed by atoms with Crippen LogP contribution in [0.2, 0.25) is 0 Å². The summed E-state index contributed by atoms with van der Waals surface area (Å²) in [6.45, 7) is 2.99. The molecule has 0 spiro atoms. The van der Waals surface area contributed by atoms with E-state index < -0.39 is 15.6 Å². The molecule has 0 aromatic carbocycles. The zero-order valence-corrected chi connectivity index (χ0v) is 19.4. The van der Waals surface area contributed by atoms with E-state index in [1.54, 1.807) is 6.92 Å². The largest absolute Gasteiger partial charge is 1.00 e. The van der Waals surface area contributed by atoms with Crippen molar-refractivity contribution < 1.29 is 121 Å². The molecule has 0 aromatic heterocycles. The van der Waals surface area contributed by atoms with E-state index in [9.17, 15) is 18.9 Å². The van der Waals surface area contributed by atoms with E-state index in [0.717, 1.165) is 0 Å². The van der Waals surface area contributed by atoms with Gasteiger partial charge in [0.05, 0.1) is 0 Å². The molecular weight excluding hydrogens is 412 g/mol. The molecule has 2 unspecified atom stereocenters. The molecule has 0 bridgehead atoms. The van der Waals surface area contributed by atoms with Crippen LogP contribution in [0.15, 0.2) is 0 Å². The van der Waals surface area contributed by atoms with E-state index in [1.165, 1.54) is 6.92 Å². The molecule has 132 valence electrons. The van der Waals surface area contributed by atoms with E-state index in [4.69, 9.17) is 43.2 Å². The van der Waals surface area contributed by atoms with Crippen molar-refractivity contribution in [2.24, 2.45) is 0 Å². The Kier molecular flexibility index (Phi) is 112. The molecule has 0 aliphatic rings. The summed E-state index contributed by atoms with van der Waals surface area (Å²) in [5, 5.41) is 0. The summed E-state index contributed by atoms with van der Waals surface area (Å²) in [6.07, 6.45) is 1.09. The quantitative estimate of drug-likeness (QED) is 0.321. The molecule has 0 aliphatic heterocycles. The van der Waals surface area contributed by atoms with Crippen LogP contribution < -0.4 is 68.9 Å². The third kappa shape index (κ3) is 501. The third-order valence-electron chi connectivity index (χ3n) is 0.658. The van der Waals surface area contributed by atoms with E-state index in [-0.39, 0.29) is 96.0 Å². The first-order valence-corrected chi connectivity index (χ1v) is 7.74. The third-order valence-corrected chi connectivity index (χ3v) is 1.97. The predicted molar refractivity (Wildman–Crippen MR) is 58.5 cm³/mol. The minimum Gasteiger partial charge on any atom is -0.779 e. The van der Waals surface area contributed by atoms with Crippen LogP contribution in [-0.4, -0.2) is 41.8 Å². The first kappa shape index (κ1) is 49.8. The van der Waals surface area contributed by atoms with Crippen LogP contribution in [0.5, 0.6) is 0 Å². The molecule has 2 atom stereocenters. The topological polar surface area (TPSA) is 237 Å². The van der Waals surface area contributed by atoms with Crippen LogP contribution >= 0.6 is 15.6 Å². The maximum atomic E-state index is 9.58. The molecule has 0 saturated heterocycles. The van der Waals surface area contributed by atoms with Gasteiger partial charge in [0, 0.05) is 6.16 Å². The van der Waals surface area contributed by atoms with Gasteiger partial charge in [0.1, 0.15) is 13.8 Å². The second kappa shape index (κ2) is 56.5. The normalized spacial score (nSPS) is 8.28. The first-order valence-electron chi connectivity index (χ1n) is 4.61. The summed E-state index contributed by atoms with van der Waals surface area (Å²) in [5.74, 6) is 0. The molecule has 0 aromatic rings. The molecule has 1 N–H and O–H groups in total. The first-order chi connectivity index (χ1) is 10.5. The van der Waals surface area contributed by atoms with E-state index in [2.05, 4.69) is 0 Å². The Bertz CT molecular complexity index is 389. The van der Waals surface area contributed by atoms with Crippen LogP contribution in [0, 0.1) is 0 Å². The van der Waals surface area contributed by atoms with Gasteiger partial charge in [0.15, 0.2) is 0 Å². The average molecular weight is 423 g/mol. The predicted octanol–water partition coefficient (Wildman–Crippen LogP) is -8.67. The van der Waals surface area contributed by atoms with Crippen LogP contribution in [0.3, 0.4) is 0 Å². The Morgan fingerprint density at radius 3 is 0.920 bits per heavy atom. The van der Waals surface area contributed by atoms with E-state index in [1.807, 2.05) is 0 Å². The van der Waals surface area contributed by atoms with Gasteiger partial charge in [-0.3, -0.25) is 0 Å².